The first kappa shape index (κ1) is 22.7. The molecule has 3 aliphatic heterocycles. The summed E-state index contributed by atoms with van der Waals surface area (Å²) in [4.78, 5) is 55.1. The van der Waals surface area contributed by atoms with Gasteiger partial charge in [0, 0.05) is 50.2 Å². The maximum Gasteiger partial charge on any atom is 0.527 e. The third kappa shape index (κ3) is 3.65. The second kappa shape index (κ2) is 8.44. The van der Waals surface area contributed by atoms with Crippen LogP contribution in [0, 0.1) is 0 Å². The summed E-state index contributed by atoms with van der Waals surface area (Å²) in [5.41, 5.74) is 0.894. The van der Waals surface area contributed by atoms with E-state index in [-0.39, 0.29) is 11.9 Å². The zero-order chi connectivity index (χ0) is 24.9. The van der Waals surface area contributed by atoms with Gasteiger partial charge in [0.05, 0.1) is 37.7 Å². The van der Waals surface area contributed by atoms with Crippen LogP contribution >= 0.6 is 0 Å². The van der Waals surface area contributed by atoms with E-state index in [2.05, 4.69) is 19.6 Å². The summed E-state index contributed by atoms with van der Waals surface area (Å²) in [5, 5.41) is 1.58. The van der Waals surface area contributed by atoms with Gasteiger partial charge in [-0.15, -0.1) is 5.06 Å². The van der Waals surface area contributed by atoms with Crippen LogP contribution in [0.25, 0.3) is 0 Å². The quantitative estimate of drug-likeness (QED) is 0.582. The van der Waals surface area contributed by atoms with E-state index in [1.54, 1.807) is 23.7 Å². The van der Waals surface area contributed by atoms with Crippen LogP contribution in [0.15, 0.2) is 36.8 Å². The predicted octanol–water partition coefficient (Wildman–Crippen LogP) is 1.63. The second-order valence-corrected chi connectivity index (χ2v) is 9.73. The number of anilines is 1. The molecule has 1 atom stereocenters. The normalized spacial score (nSPS) is 24.4. The lowest BCUT2D eigenvalue weighted by Gasteiger charge is -2.33. The van der Waals surface area contributed by atoms with Gasteiger partial charge in [0.25, 0.3) is 0 Å². The van der Waals surface area contributed by atoms with Crippen molar-refractivity contribution >= 4 is 23.8 Å². The lowest BCUT2D eigenvalue weighted by atomic mass is 9.92. The average Bonchev–Trinajstić information content (AvgIpc) is 3.55. The van der Waals surface area contributed by atoms with Crippen molar-refractivity contribution in [1.29, 1.82) is 0 Å². The highest BCUT2D eigenvalue weighted by Gasteiger charge is 2.58. The molecule has 2 saturated heterocycles. The minimum Gasteiger partial charge on any atom is -0.449 e. The fraction of sp³-hybridized carbons (Fsp3) is 0.480. The highest BCUT2D eigenvalue weighted by atomic mass is 16.8. The van der Waals surface area contributed by atoms with E-state index in [4.69, 9.17) is 9.57 Å². The number of ether oxygens (including phenoxy) is 2. The molecule has 0 N–H and O–H groups in total. The van der Waals surface area contributed by atoms with Crippen LogP contribution in [0.5, 0.6) is 0 Å². The summed E-state index contributed by atoms with van der Waals surface area (Å²) in [6, 6.07) is 5.77. The number of amides is 1. The van der Waals surface area contributed by atoms with Crippen molar-refractivity contribution in [1.82, 2.24) is 19.9 Å². The van der Waals surface area contributed by atoms with Crippen molar-refractivity contribution in [3.63, 3.8) is 0 Å². The number of pyridine rings is 2. The first-order valence-electron chi connectivity index (χ1n) is 12.1. The molecule has 1 amide bonds. The molecule has 4 aliphatic rings. The van der Waals surface area contributed by atoms with Crippen molar-refractivity contribution < 1.29 is 28.7 Å². The molecule has 2 aromatic heterocycles. The highest BCUT2D eigenvalue weighted by Crippen LogP contribution is 2.52. The molecule has 36 heavy (non-hydrogen) atoms. The number of esters is 1. The van der Waals surface area contributed by atoms with Crippen LogP contribution in [-0.2, 0) is 30.1 Å². The Labute approximate surface area is 207 Å². The number of aromatic nitrogens is 2. The number of likely N-dealkylation sites (tertiary alicyclic amines) is 1. The Kier molecular flexibility index (Phi) is 5.32. The molecule has 0 bridgehead atoms. The van der Waals surface area contributed by atoms with Crippen LogP contribution < -0.4 is 4.90 Å². The molecule has 11 heteroatoms. The average molecular weight is 494 g/mol. The van der Waals surface area contributed by atoms with Gasteiger partial charge in [-0.2, -0.15) is 0 Å². The number of nitrogens with zero attached hydrogens (tertiary/aromatic N) is 5. The number of hydrogen-bond donors (Lipinski definition) is 0. The molecule has 3 fully saturated rings. The number of rotatable bonds is 4. The van der Waals surface area contributed by atoms with E-state index in [0.717, 1.165) is 29.8 Å². The molecule has 2 aromatic rings. The molecule has 1 unspecified atom stereocenters. The van der Waals surface area contributed by atoms with Crippen LogP contribution in [0.3, 0.4) is 0 Å². The van der Waals surface area contributed by atoms with Gasteiger partial charge in [0.15, 0.2) is 5.60 Å². The van der Waals surface area contributed by atoms with E-state index in [1.165, 1.54) is 7.11 Å². The van der Waals surface area contributed by atoms with E-state index in [9.17, 15) is 14.4 Å². The number of carbonyl (C=O) groups is 3. The van der Waals surface area contributed by atoms with Gasteiger partial charge in [-0.1, -0.05) is 6.07 Å². The number of piperazine rings is 1. The topological polar surface area (TPSA) is 114 Å². The Morgan fingerprint density at radius 2 is 1.83 bits per heavy atom. The Hall–Kier alpha value is -3.73. The summed E-state index contributed by atoms with van der Waals surface area (Å²) in [6.07, 6.45) is 6.43. The highest BCUT2D eigenvalue weighted by molar-refractivity contribution is 5.95. The summed E-state index contributed by atoms with van der Waals surface area (Å²) in [6.45, 7) is 3.29. The fourth-order valence-corrected chi connectivity index (χ4v) is 5.56. The van der Waals surface area contributed by atoms with Crippen LogP contribution in [0.1, 0.15) is 40.7 Å². The van der Waals surface area contributed by atoms with Crippen molar-refractivity contribution in [3.05, 3.63) is 53.5 Å². The van der Waals surface area contributed by atoms with E-state index < -0.39 is 17.2 Å². The van der Waals surface area contributed by atoms with Gasteiger partial charge < -0.3 is 24.1 Å². The standard InChI is InChI=1S/C25H27N5O6/c1-34-23(33)36-30-12-10-28(11-13-30)20-3-2-17(14-27-20)24(5-6-24)22(32)29-9-7-25(16-29)19-4-8-26-15-18(19)21(31)35-25/h2-4,8,14-15H,5-7,9-13,16H2,1H3. The molecule has 1 aliphatic carbocycles. The van der Waals surface area contributed by atoms with Crippen molar-refractivity contribution in [2.45, 2.75) is 30.3 Å². The minimum atomic E-state index is -0.775. The number of fused-ring (bicyclic) bond motifs is 2. The number of carbonyl (C=O) groups excluding carboxylic acids is 3. The Bertz CT molecular complexity index is 1210. The summed E-state index contributed by atoms with van der Waals surface area (Å²) in [5.74, 6) is 0.523. The van der Waals surface area contributed by atoms with Gasteiger partial charge in [0.2, 0.25) is 5.91 Å². The van der Waals surface area contributed by atoms with Gasteiger partial charge in [-0.05, 0) is 30.5 Å². The summed E-state index contributed by atoms with van der Waals surface area (Å²) >= 11 is 0. The lowest BCUT2D eigenvalue weighted by Crippen LogP contribution is -2.47. The minimum absolute atomic E-state index is 0.0704. The SMILES string of the molecule is COC(=O)ON1CCN(c2ccc(C3(C(=O)N4CCC5(C4)OC(=O)c4cnccc45)CC3)cn2)CC1. The number of hydroxylamine groups is 2. The summed E-state index contributed by atoms with van der Waals surface area (Å²) in [7, 11) is 1.28. The van der Waals surface area contributed by atoms with Crippen molar-refractivity contribution in [3.8, 4) is 0 Å². The van der Waals surface area contributed by atoms with Gasteiger partial charge in [0.1, 0.15) is 5.82 Å². The Morgan fingerprint density at radius 3 is 2.53 bits per heavy atom. The Balaban J connectivity index is 1.12. The van der Waals surface area contributed by atoms with Gasteiger partial charge in [-0.25, -0.2) is 14.6 Å². The molecule has 1 spiro atoms. The molecule has 0 radical (unpaired) electrons. The zero-order valence-corrected chi connectivity index (χ0v) is 20.0. The molecule has 1 saturated carbocycles. The largest absolute Gasteiger partial charge is 0.527 e. The predicted molar refractivity (Wildman–Crippen MR) is 125 cm³/mol. The van der Waals surface area contributed by atoms with E-state index >= 15 is 0 Å². The maximum absolute atomic E-state index is 13.7. The molecular weight excluding hydrogens is 466 g/mol. The second-order valence-electron chi connectivity index (χ2n) is 9.73. The maximum atomic E-state index is 13.7. The van der Waals surface area contributed by atoms with Crippen molar-refractivity contribution in [2.24, 2.45) is 0 Å². The molecule has 11 nitrogen and oxygen atoms in total. The lowest BCUT2D eigenvalue weighted by molar-refractivity contribution is -0.134. The van der Waals surface area contributed by atoms with E-state index in [1.807, 2.05) is 23.1 Å². The molecular formula is C25H27N5O6. The Morgan fingerprint density at radius 1 is 1.03 bits per heavy atom. The number of hydrogen-bond acceptors (Lipinski definition) is 10. The first-order valence-corrected chi connectivity index (χ1v) is 12.1. The van der Waals surface area contributed by atoms with Crippen LogP contribution in [0.4, 0.5) is 10.6 Å². The van der Waals surface area contributed by atoms with Crippen LogP contribution in [0.2, 0.25) is 0 Å². The van der Waals surface area contributed by atoms with Gasteiger partial charge >= 0.3 is 12.1 Å². The number of methoxy groups -OCH3 is 1. The van der Waals surface area contributed by atoms with Crippen molar-refractivity contribution in [2.75, 3.05) is 51.3 Å². The molecule has 6 rings (SSSR count). The third-order valence-corrected chi connectivity index (χ3v) is 7.73. The molecule has 5 heterocycles. The van der Waals surface area contributed by atoms with Crippen LogP contribution in [-0.4, -0.2) is 84.3 Å². The molecule has 0 aromatic carbocycles. The first-order chi connectivity index (χ1) is 17.4. The summed E-state index contributed by atoms with van der Waals surface area (Å²) < 4.78 is 10.3. The third-order valence-electron chi connectivity index (χ3n) is 7.73. The fourth-order valence-electron chi connectivity index (χ4n) is 5.56. The monoisotopic (exact) mass is 493 g/mol. The van der Waals surface area contributed by atoms with Gasteiger partial charge in [-0.3, -0.25) is 9.78 Å². The smallest absolute Gasteiger partial charge is 0.449 e. The molecule has 188 valence electrons. The zero-order valence-electron chi connectivity index (χ0n) is 20.0. The van der Waals surface area contributed by atoms with E-state index in [0.29, 0.717) is 51.3 Å².